The van der Waals surface area contributed by atoms with E-state index in [1.54, 1.807) is 159 Å². The fraction of sp³-hybridized carbons (Fsp3) is 0.0962. The van der Waals surface area contributed by atoms with E-state index >= 15 is 0 Å². The smallest absolute Gasteiger partial charge is 0.255 e. The summed E-state index contributed by atoms with van der Waals surface area (Å²) in [4.78, 5) is 123. The molecule has 0 spiro atoms. The number of likely N-dealkylation sites (N-methyl/N-ethyl adjacent to an activating group) is 1. The number of hydrogen-bond acceptors (Lipinski definition) is 18. The average molecular weight is 1790 g/mol. The quantitative estimate of drug-likeness (QED) is 0.0431. The fourth-order valence-electron chi connectivity index (χ4n) is 15.7. The Balaban J connectivity index is 0.000000125. The summed E-state index contributed by atoms with van der Waals surface area (Å²) in [5, 5.41) is 35.0. The van der Waals surface area contributed by atoms with Gasteiger partial charge in [0.1, 0.15) is 0 Å². The molecular weight excluding hydrogens is 1700 g/mol. The monoisotopic (exact) mass is 1790 g/mol. The molecular formula is C104H87FN22O8. The second-order valence-corrected chi connectivity index (χ2v) is 32.2. The first kappa shape index (κ1) is 88.9. The van der Waals surface area contributed by atoms with E-state index in [1.165, 1.54) is 42.5 Å². The lowest BCUT2D eigenvalue weighted by atomic mass is 10.1. The largest absolute Gasteiger partial charge is 0.383 e. The highest BCUT2D eigenvalue weighted by atomic mass is 19.1. The number of carbonyl (C=O) groups excluding carboxylic acids is 4. The number of fused-ring (bicyclic) bond motifs is 12. The van der Waals surface area contributed by atoms with Gasteiger partial charge in [-0.3, -0.25) is 76.6 Å². The molecule has 0 atom stereocenters. The van der Waals surface area contributed by atoms with Crippen LogP contribution in [-0.4, -0.2) is 152 Å². The first-order chi connectivity index (χ1) is 65.4. The van der Waals surface area contributed by atoms with Crippen molar-refractivity contribution >= 4 is 134 Å². The van der Waals surface area contributed by atoms with Crippen LogP contribution >= 0.6 is 0 Å². The molecule has 8 aromatic carbocycles. The van der Waals surface area contributed by atoms with Crippen LogP contribution in [0.3, 0.4) is 0 Å². The molecule has 0 fully saturated rings. The van der Waals surface area contributed by atoms with Gasteiger partial charge in [0.05, 0.1) is 89.6 Å². The van der Waals surface area contributed by atoms with Gasteiger partial charge in [-0.25, -0.2) is 23.1 Å². The first-order valence-corrected chi connectivity index (χ1v) is 42.7. The van der Waals surface area contributed by atoms with Crippen molar-refractivity contribution in [3.8, 4) is 45.5 Å². The summed E-state index contributed by atoms with van der Waals surface area (Å²) in [7, 11) is 7.57. The summed E-state index contributed by atoms with van der Waals surface area (Å²) in [5.41, 5.74) is 16.9. The Morgan fingerprint density at radius 1 is 0.356 bits per heavy atom. The number of aryl methyl sites for hydroxylation is 4. The van der Waals surface area contributed by atoms with Gasteiger partial charge >= 0.3 is 0 Å². The normalized spacial score (nSPS) is 11.3. The molecule has 0 aliphatic carbocycles. The molecule has 12 aromatic heterocycles. The van der Waals surface area contributed by atoms with Gasteiger partial charge < -0.3 is 31.1 Å². The maximum Gasteiger partial charge on any atom is 0.255 e. The standard InChI is InChI=1S/C28H26N6O2.C27H24N6O2.C25H19N5O2.C24H18FN5O2/c1-19-7-9-22(17-25(19)31-26(35)6-4-14-32(2)3)34-27(36)12-8-20-18-29-24-11-10-21(16-23(24)28(20)34)33-15-5-13-30-33;1-18-5-7-21(16-24(18)30-25(34)11-14-31(2)3)33-26(35)10-6-19-17-28-23-9-8-20(15-22(23)27(19)33)32-13-4-12-29-32;1-3-23(31)28-22-14-19(7-5-16(22)2)30-24(32)10-6-17-15-26-21-9-8-18(13-20(21)25(17)30)29-12-4-11-27-29;1-15-3-5-18(12-21(15)28-22(31)13-25)30-23(32)8-4-16-14-26-20-7-6-17(11-19(20)24(16)30)29-10-2-9-27-29/h4-13,15-18H,14H2,1-3H3,(H,31,35);4-17H,1-3H3,(H,30,34);3-15H,1H2,2H3,(H,28,31);2-12,14H,13H2,1H3,(H,28,31)/b6-4+;14-11+;;. The maximum absolute atomic E-state index is 13.2. The van der Waals surface area contributed by atoms with Crippen LogP contribution in [0.25, 0.3) is 133 Å². The van der Waals surface area contributed by atoms with Gasteiger partial charge in [0.25, 0.3) is 28.1 Å². The molecule has 20 rings (SSSR count). The predicted octanol–water partition coefficient (Wildman–Crippen LogP) is 16.2. The van der Waals surface area contributed by atoms with Gasteiger partial charge in [-0.1, -0.05) is 36.9 Å². The Hall–Kier alpha value is -18.1. The number of alkyl halides is 1. The van der Waals surface area contributed by atoms with E-state index in [9.17, 15) is 42.7 Å². The molecule has 4 N–H and O–H groups in total. The molecule has 0 bridgehead atoms. The van der Waals surface area contributed by atoms with Gasteiger partial charge in [0.2, 0.25) is 17.7 Å². The summed E-state index contributed by atoms with van der Waals surface area (Å²) in [6.45, 7) is 10.6. The highest BCUT2D eigenvalue weighted by Crippen LogP contribution is 2.35. The van der Waals surface area contributed by atoms with E-state index in [2.05, 4.69) is 68.2 Å². The Morgan fingerprint density at radius 2 is 0.637 bits per heavy atom. The number of pyridine rings is 8. The van der Waals surface area contributed by atoms with E-state index in [1.807, 2.05) is 224 Å². The Kier molecular flexibility index (Phi) is 25.5. The number of halogens is 1. The van der Waals surface area contributed by atoms with Crippen LogP contribution < -0.4 is 43.5 Å². The lowest BCUT2D eigenvalue weighted by molar-refractivity contribution is -0.117. The summed E-state index contributed by atoms with van der Waals surface area (Å²) >= 11 is 0. The molecule has 0 unspecified atom stereocenters. The van der Waals surface area contributed by atoms with E-state index in [0.717, 1.165) is 127 Å². The maximum atomic E-state index is 13.2. The summed E-state index contributed by atoms with van der Waals surface area (Å²) < 4.78 is 26.3. The van der Waals surface area contributed by atoms with Gasteiger partial charge in [0, 0.05) is 203 Å². The third-order valence-electron chi connectivity index (χ3n) is 22.4. The van der Waals surface area contributed by atoms with Crippen molar-refractivity contribution in [1.29, 1.82) is 0 Å². The molecule has 20 aromatic rings. The van der Waals surface area contributed by atoms with Crippen molar-refractivity contribution < 1.29 is 23.6 Å². The minimum Gasteiger partial charge on any atom is -0.383 e. The minimum atomic E-state index is -1.12. The highest BCUT2D eigenvalue weighted by Gasteiger charge is 2.21. The lowest BCUT2D eigenvalue weighted by Crippen LogP contribution is -2.19. The predicted molar refractivity (Wildman–Crippen MR) is 528 cm³/mol. The Labute approximate surface area is 769 Å². The van der Waals surface area contributed by atoms with Crippen LogP contribution in [0.15, 0.2) is 349 Å². The van der Waals surface area contributed by atoms with Crippen molar-refractivity contribution in [3.63, 3.8) is 0 Å². The van der Waals surface area contributed by atoms with Gasteiger partial charge in [0.15, 0.2) is 6.67 Å². The van der Waals surface area contributed by atoms with Crippen molar-refractivity contribution in [3.05, 3.63) is 394 Å². The van der Waals surface area contributed by atoms with Crippen LogP contribution in [0.4, 0.5) is 27.1 Å². The molecule has 668 valence electrons. The molecule has 0 saturated carbocycles. The summed E-state index contributed by atoms with van der Waals surface area (Å²) in [6.07, 6.45) is 29.0. The summed E-state index contributed by atoms with van der Waals surface area (Å²) in [5.74, 6) is -1.52. The van der Waals surface area contributed by atoms with Crippen LogP contribution in [0.1, 0.15) is 22.3 Å². The second-order valence-electron chi connectivity index (χ2n) is 32.2. The van der Waals surface area contributed by atoms with E-state index < -0.39 is 12.6 Å². The van der Waals surface area contributed by atoms with E-state index in [4.69, 9.17) is 0 Å². The SMILES string of the molecule is C=CC(=O)Nc1cc(-n2c(=O)ccc3cnc4ccc(-n5cccn5)cc4c32)ccc1C.Cc1ccc(-n2c(=O)ccc3cnc4ccc(-n5cccn5)cc4c32)cc1NC(=O)/C=C/CN(C)C.Cc1ccc(-n2c(=O)ccc3cnc4ccc(-n5cccn5)cc4c32)cc1NC(=O)/C=C/N(C)C.Cc1ccc(-n2c(=O)ccc3cnc4ccc(-n5cccn5)cc4c32)cc1NC(=O)CF. The van der Waals surface area contributed by atoms with Gasteiger partial charge in [-0.05, 0) is 240 Å². The van der Waals surface area contributed by atoms with E-state index in [0.29, 0.717) is 57.6 Å². The molecule has 0 radical (unpaired) electrons. The number of benzene rings is 8. The molecule has 135 heavy (non-hydrogen) atoms. The molecule has 12 heterocycles. The number of aromatic nitrogens is 16. The number of rotatable bonds is 19. The fourth-order valence-corrected chi connectivity index (χ4v) is 15.7. The Bertz CT molecular complexity index is 8370. The van der Waals surface area contributed by atoms with E-state index in [-0.39, 0.29) is 40.0 Å². The zero-order chi connectivity index (χ0) is 94.2. The molecule has 4 amide bonds. The van der Waals surface area contributed by atoms with Crippen LogP contribution in [0.5, 0.6) is 0 Å². The van der Waals surface area contributed by atoms with Crippen LogP contribution in [0, 0.1) is 27.7 Å². The highest BCUT2D eigenvalue weighted by molar-refractivity contribution is 6.09. The number of amides is 4. The number of nitrogens with one attached hydrogen (secondary N) is 4. The molecule has 0 aliphatic heterocycles. The first-order valence-electron chi connectivity index (χ1n) is 42.7. The number of anilines is 4. The molecule has 0 saturated heterocycles. The van der Waals surface area contributed by atoms with Crippen LogP contribution in [0.2, 0.25) is 0 Å². The summed E-state index contributed by atoms with van der Waals surface area (Å²) in [6, 6.07) is 65.8. The second kappa shape index (κ2) is 38.7. The lowest BCUT2D eigenvalue weighted by Gasteiger charge is -2.15. The minimum absolute atomic E-state index is 0.175. The third-order valence-corrected chi connectivity index (χ3v) is 22.4. The molecule has 30 nitrogen and oxygen atoms in total. The zero-order valence-corrected chi connectivity index (χ0v) is 74.4. The Morgan fingerprint density at radius 3 is 0.904 bits per heavy atom. The molecule has 0 aliphatic rings. The molecule has 31 heteroatoms. The number of nitrogens with zero attached hydrogens (tertiary/aromatic N) is 18. The van der Waals surface area contributed by atoms with Crippen LogP contribution in [-0.2, 0) is 19.2 Å². The number of carbonyl (C=O) groups is 4. The number of hydrogen-bond donors (Lipinski definition) is 4. The van der Waals surface area contributed by atoms with Gasteiger partial charge in [-0.2, -0.15) is 20.4 Å². The van der Waals surface area contributed by atoms with Crippen molar-refractivity contribution in [1.82, 2.24) is 87.1 Å². The van der Waals surface area contributed by atoms with Gasteiger partial charge in [-0.15, -0.1) is 0 Å². The van der Waals surface area contributed by atoms with Crippen molar-refractivity contribution in [2.75, 3.05) is 62.7 Å². The average Bonchev–Trinajstić information content (AvgIpc) is 1.69. The zero-order valence-electron chi connectivity index (χ0n) is 74.4. The van der Waals surface area contributed by atoms with Crippen molar-refractivity contribution in [2.45, 2.75) is 27.7 Å². The topological polar surface area (TPSA) is 334 Å². The van der Waals surface area contributed by atoms with Crippen molar-refractivity contribution in [2.24, 2.45) is 0 Å². The third kappa shape index (κ3) is 19.0.